The van der Waals surface area contributed by atoms with Gasteiger partial charge in [-0.1, -0.05) is 42.5 Å². The molecular formula is C16H16NO3S-. The Morgan fingerprint density at radius 2 is 1.81 bits per heavy atom. The summed E-state index contributed by atoms with van der Waals surface area (Å²) in [5.41, 5.74) is 1.83. The minimum atomic E-state index is -2.31. The first-order chi connectivity index (χ1) is 10.2. The molecule has 0 aliphatic carbocycles. The lowest BCUT2D eigenvalue weighted by molar-refractivity contribution is 0.415. The van der Waals surface area contributed by atoms with Crippen LogP contribution in [0.25, 0.3) is 6.08 Å². The predicted octanol–water partition coefficient (Wildman–Crippen LogP) is 2.96. The number of nitrogens with zero attached hydrogens (tertiary/aromatic N) is 1. The van der Waals surface area contributed by atoms with Crippen molar-refractivity contribution in [3.63, 3.8) is 0 Å². The average molecular weight is 302 g/mol. The average Bonchev–Trinajstić information content (AvgIpc) is 2.52. The normalized spacial score (nSPS) is 12.3. The van der Waals surface area contributed by atoms with Crippen molar-refractivity contribution in [3.05, 3.63) is 71.9 Å². The van der Waals surface area contributed by atoms with Gasteiger partial charge in [-0.25, -0.2) is 0 Å². The van der Waals surface area contributed by atoms with E-state index < -0.39 is 11.3 Å². The fourth-order valence-electron chi connectivity index (χ4n) is 1.80. The second kappa shape index (κ2) is 7.61. The van der Waals surface area contributed by atoms with E-state index in [1.165, 1.54) is 4.31 Å². The van der Waals surface area contributed by atoms with Crippen LogP contribution in [0.5, 0.6) is 5.75 Å². The van der Waals surface area contributed by atoms with Gasteiger partial charge < -0.3 is 13.6 Å². The molecule has 2 aromatic rings. The number of hydrogen-bond acceptors (Lipinski definition) is 3. The Bertz CT molecular complexity index is 611. The maximum Gasteiger partial charge on any atom is 0.118 e. The van der Waals surface area contributed by atoms with E-state index in [-0.39, 0.29) is 0 Å². The van der Waals surface area contributed by atoms with Gasteiger partial charge in [-0.2, -0.15) is 0 Å². The lowest BCUT2D eigenvalue weighted by atomic mass is 10.2. The van der Waals surface area contributed by atoms with Gasteiger partial charge in [0.2, 0.25) is 0 Å². The first kappa shape index (κ1) is 15.3. The summed E-state index contributed by atoms with van der Waals surface area (Å²) >= 11 is -2.31. The molecule has 2 aromatic carbocycles. The fourth-order valence-corrected chi connectivity index (χ4v) is 2.22. The molecule has 0 heterocycles. The topological polar surface area (TPSA) is 52.6 Å². The van der Waals surface area contributed by atoms with Crippen LogP contribution < -0.4 is 4.74 Å². The molecule has 0 saturated carbocycles. The number of rotatable bonds is 6. The zero-order chi connectivity index (χ0) is 15.1. The Hall–Kier alpha value is -2.11. The number of hydrogen-bond donors (Lipinski definition) is 0. The molecule has 0 N–H and O–H groups in total. The molecule has 0 bridgehead atoms. The van der Waals surface area contributed by atoms with Crippen LogP contribution >= 0.6 is 0 Å². The van der Waals surface area contributed by atoms with Gasteiger partial charge in [-0.3, -0.25) is 4.21 Å². The van der Waals surface area contributed by atoms with Crippen LogP contribution in [0.15, 0.2) is 60.8 Å². The van der Waals surface area contributed by atoms with Crippen LogP contribution in [-0.4, -0.2) is 20.2 Å². The van der Waals surface area contributed by atoms with Crippen LogP contribution in [0, 0.1) is 0 Å². The molecule has 0 radical (unpaired) electrons. The molecule has 0 aliphatic heterocycles. The maximum absolute atomic E-state index is 11.3. The summed E-state index contributed by atoms with van der Waals surface area (Å²) in [6.45, 7) is 0.309. The van der Waals surface area contributed by atoms with Crippen molar-refractivity contribution in [1.82, 2.24) is 4.31 Å². The van der Waals surface area contributed by atoms with E-state index in [1.807, 2.05) is 54.6 Å². The van der Waals surface area contributed by atoms with Crippen molar-refractivity contribution in [2.75, 3.05) is 7.11 Å². The minimum absolute atomic E-state index is 0.309. The molecule has 0 aromatic heterocycles. The molecule has 2 rings (SSSR count). The zero-order valence-electron chi connectivity index (χ0n) is 11.6. The standard InChI is InChI=1S/C16H17NO3S/c1-20-16-9-7-14(8-10-16)11-12-17(21(18)19)13-15-5-3-2-4-6-15/h2-12H,13H2,1H3,(H,18,19)/p-1. The summed E-state index contributed by atoms with van der Waals surface area (Å²) in [6.07, 6.45) is 3.30. The van der Waals surface area contributed by atoms with Crippen LogP contribution in [0.4, 0.5) is 0 Å². The van der Waals surface area contributed by atoms with Gasteiger partial charge in [0.05, 0.1) is 13.7 Å². The number of ether oxygens (including phenoxy) is 1. The van der Waals surface area contributed by atoms with Gasteiger partial charge in [0.1, 0.15) is 5.75 Å². The number of methoxy groups -OCH3 is 1. The van der Waals surface area contributed by atoms with Gasteiger partial charge in [0.25, 0.3) is 0 Å². The maximum atomic E-state index is 11.3. The van der Waals surface area contributed by atoms with E-state index in [1.54, 1.807) is 19.4 Å². The van der Waals surface area contributed by atoms with Crippen molar-refractivity contribution in [1.29, 1.82) is 0 Å². The van der Waals surface area contributed by atoms with E-state index >= 15 is 0 Å². The van der Waals surface area contributed by atoms with Crippen molar-refractivity contribution < 1.29 is 13.5 Å². The fraction of sp³-hybridized carbons (Fsp3) is 0.125. The summed E-state index contributed by atoms with van der Waals surface area (Å²) in [5, 5.41) is 0. The molecule has 1 atom stereocenters. The molecule has 110 valence electrons. The minimum Gasteiger partial charge on any atom is -0.755 e. The molecule has 1 unspecified atom stereocenters. The highest BCUT2D eigenvalue weighted by atomic mass is 32.2. The largest absolute Gasteiger partial charge is 0.755 e. The smallest absolute Gasteiger partial charge is 0.118 e. The zero-order valence-corrected chi connectivity index (χ0v) is 12.5. The van der Waals surface area contributed by atoms with Crippen molar-refractivity contribution >= 4 is 17.3 Å². The third kappa shape index (κ3) is 4.73. The van der Waals surface area contributed by atoms with Crippen LogP contribution in [0.3, 0.4) is 0 Å². The molecule has 21 heavy (non-hydrogen) atoms. The Kier molecular flexibility index (Phi) is 5.54. The first-order valence-corrected chi connectivity index (χ1v) is 7.44. The van der Waals surface area contributed by atoms with Crippen molar-refractivity contribution in [2.45, 2.75) is 6.54 Å². The second-order valence-electron chi connectivity index (χ2n) is 4.37. The lowest BCUT2D eigenvalue weighted by Crippen LogP contribution is -2.18. The molecule has 0 aliphatic rings. The third-order valence-corrected chi connectivity index (χ3v) is 3.56. The van der Waals surface area contributed by atoms with Crippen molar-refractivity contribution in [2.24, 2.45) is 0 Å². The molecule has 5 heteroatoms. The highest BCUT2D eigenvalue weighted by Crippen LogP contribution is 2.13. The van der Waals surface area contributed by atoms with E-state index in [0.717, 1.165) is 16.9 Å². The number of benzene rings is 2. The molecule has 0 fully saturated rings. The first-order valence-electron chi connectivity index (χ1n) is 6.41. The molecular weight excluding hydrogens is 286 g/mol. The van der Waals surface area contributed by atoms with Crippen LogP contribution in [-0.2, 0) is 17.8 Å². The Morgan fingerprint density at radius 3 is 2.38 bits per heavy atom. The van der Waals surface area contributed by atoms with E-state index in [2.05, 4.69) is 0 Å². The highest BCUT2D eigenvalue weighted by Gasteiger charge is 2.01. The van der Waals surface area contributed by atoms with Crippen molar-refractivity contribution in [3.8, 4) is 5.75 Å². The summed E-state index contributed by atoms with van der Waals surface area (Å²) in [6, 6.07) is 16.8. The van der Waals surface area contributed by atoms with Gasteiger partial charge in [-0.05, 0) is 29.3 Å². The SMILES string of the molecule is COc1ccc(C=CN(Cc2ccccc2)S(=O)[O-])cc1. The molecule has 0 amide bonds. The second-order valence-corrected chi connectivity index (χ2v) is 5.27. The van der Waals surface area contributed by atoms with Gasteiger partial charge in [-0.15, -0.1) is 0 Å². The Morgan fingerprint density at radius 1 is 1.14 bits per heavy atom. The van der Waals surface area contributed by atoms with Gasteiger partial charge >= 0.3 is 0 Å². The lowest BCUT2D eigenvalue weighted by Gasteiger charge is -2.22. The monoisotopic (exact) mass is 302 g/mol. The van der Waals surface area contributed by atoms with Gasteiger partial charge in [0.15, 0.2) is 0 Å². The summed E-state index contributed by atoms with van der Waals surface area (Å²) in [4.78, 5) is 0. The summed E-state index contributed by atoms with van der Waals surface area (Å²) in [7, 11) is 1.60. The Labute approximate surface area is 127 Å². The van der Waals surface area contributed by atoms with Crippen LogP contribution in [0.1, 0.15) is 11.1 Å². The molecule has 4 nitrogen and oxygen atoms in total. The molecule has 0 spiro atoms. The van der Waals surface area contributed by atoms with E-state index in [9.17, 15) is 8.76 Å². The highest BCUT2D eigenvalue weighted by molar-refractivity contribution is 7.76. The predicted molar refractivity (Wildman–Crippen MR) is 82.9 cm³/mol. The summed E-state index contributed by atoms with van der Waals surface area (Å²) in [5.74, 6) is 0.765. The van der Waals surface area contributed by atoms with Crippen LogP contribution in [0.2, 0.25) is 0 Å². The molecule has 0 saturated heterocycles. The van der Waals surface area contributed by atoms with E-state index in [0.29, 0.717) is 6.54 Å². The quantitative estimate of drug-likeness (QED) is 0.771. The third-order valence-electron chi connectivity index (χ3n) is 2.92. The summed E-state index contributed by atoms with van der Waals surface area (Å²) < 4.78 is 28.9. The van der Waals surface area contributed by atoms with E-state index in [4.69, 9.17) is 4.74 Å². The van der Waals surface area contributed by atoms with Gasteiger partial charge in [0, 0.05) is 17.5 Å². The Balaban J connectivity index is 2.08.